The van der Waals surface area contributed by atoms with Crippen LogP contribution in [-0.4, -0.2) is 56.6 Å². The average Bonchev–Trinajstić information content (AvgIpc) is 3.07. The first-order chi connectivity index (χ1) is 22.2. The van der Waals surface area contributed by atoms with Gasteiger partial charge in [0.1, 0.15) is 12.7 Å². The molecule has 3 N–H and O–H groups in total. The van der Waals surface area contributed by atoms with E-state index in [2.05, 4.69) is 16.0 Å². The van der Waals surface area contributed by atoms with Gasteiger partial charge in [-0.3, -0.25) is 0 Å². The Morgan fingerprint density at radius 3 is 1.46 bits per heavy atom. The van der Waals surface area contributed by atoms with E-state index in [9.17, 15) is 14.4 Å². The number of benzene rings is 3. The second-order valence-corrected chi connectivity index (χ2v) is 11.3. The molecule has 0 bridgehead atoms. The Kier molecular flexibility index (Phi) is 12.4. The van der Waals surface area contributed by atoms with E-state index >= 15 is 0 Å². The first-order valence-electron chi connectivity index (χ1n) is 15.4. The predicted molar refractivity (Wildman–Crippen MR) is 171 cm³/mol. The summed E-state index contributed by atoms with van der Waals surface area (Å²) in [5, 5.41) is 8.44. The maximum atomic E-state index is 13.2. The Bertz CT molecular complexity index is 1390. The van der Waals surface area contributed by atoms with Gasteiger partial charge in [-0.2, -0.15) is 0 Å². The molecule has 1 aliphatic heterocycles. The second kappa shape index (κ2) is 16.6. The number of hydrogen-bond acceptors (Lipinski definition) is 8. The van der Waals surface area contributed by atoms with Crippen LogP contribution in [-0.2, 0) is 23.7 Å². The quantitative estimate of drug-likeness (QED) is 0.213. The van der Waals surface area contributed by atoms with Crippen molar-refractivity contribution in [1.82, 2.24) is 16.0 Å². The predicted octanol–water partition coefficient (Wildman–Crippen LogP) is 6.19. The summed E-state index contributed by atoms with van der Waals surface area (Å²) in [6.07, 6.45) is -6.12. The molecule has 46 heavy (non-hydrogen) atoms. The molecular weight excluding hydrogens is 590 g/mol. The van der Waals surface area contributed by atoms with E-state index in [1.165, 1.54) is 7.11 Å². The van der Waals surface area contributed by atoms with E-state index in [1.54, 1.807) is 6.92 Å². The molecule has 4 rings (SSSR count). The summed E-state index contributed by atoms with van der Waals surface area (Å²) in [6.45, 7) is 7.11. The first-order valence-corrected chi connectivity index (χ1v) is 15.4. The second-order valence-electron chi connectivity index (χ2n) is 11.3. The van der Waals surface area contributed by atoms with E-state index in [0.717, 1.165) is 16.7 Å². The van der Waals surface area contributed by atoms with Gasteiger partial charge in [0.25, 0.3) is 0 Å². The zero-order valence-corrected chi connectivity index (χ0v) is 26.8. The van der Waals surface area contributed by atoms with Crippen molar-refractivity contribution in [3.8, 4) is 0 Å². The highest BCUT2D eigenvalue weighted by Gasteiger charge is 2.49. The van der Waals surface area contributed by atoms with Crippen molar-refractivity contribution in [2.45, 2.75) is 70.4 Å². The molecule has 1 aliphatic rings. The minimum atomic E-state index is -1.14. The van der Waals surface area contributed by atoms with Gasteiger partial charge < -0.3 is 39.6 Å². The van der Waals surface area contributed by atoms with Crippen LogP contribution in [0.4, 0.5) is 14.4 Å². The van der Waals surface area contributed by atoms with Crippen LogP contribution in [0.3, 0.4) is 0 Å². The number of ether oxygens (including phenoxy) is 5. The zero-order chi connectivity index (χ0) is 33.1. The van der Waals surface area contributed by atoms with Gasteiger partial charge in [0, 0.05) is 13.0 Å². The van der Waals surface area contributed by atoms with Crippen LogP contribution < -0.4 is 16.0 Å². The lowest BCUT2D eigenvalue weighted by molar-refractivity contribution is -0.278. The van der Waals surface area contributed by atoms with Crippen LogP contribution in [0.1, 0.15) is 62.5 Å². The Morgan fingerprint density at radius 1 is 0.652 bits per heavy atom. The van der Waals surface area contributed by atoms with Gasteiger partial charge in [-0.25, -0.2) is 14.4 Å². The molecule has 0 saturated carbocycles. The number of carbonyl (C=O) groups is 3. The molecule has 3 aromatic rings. The normalized spacial score (nSPS) is 22.8. The van der Waals surface area contributed by atoms with Gasteiger partial charge >= 0.3 is 18.3 Å². The van der Waals surface area contributed by atoms with Crippen molar-refractivity contribution in [3.63, 3.8) is 0 Å². The summed E-state index contributed by atoms with van der Waals surface area (Å²) >= 11 is 0. The van der Waals surface area contributed by atoms with Crippen LogP contribution >= 0.6 is 0 Å². The van der Waals surface area contributed by atoms with Crippen molar-refractivity contribution >= 4 is 18.3 Å². The number of rotatable bonds is 11. The van der Waals surface area contributed by atoms with E-state index in [4.69, 9.17) is 23.7 Å². The highest BCUT2D eigenvalue weighted by molar-refractivity contribution is 5.69. The van der Waals surface area contributed by atoms with Crippen molar-refractivity contribution in [2.24, 2.45) is 5.92 Å². The number of carbonyl (C=O) groups excluding carboxylic acids is 3. The lowest BCUT2D eigenvalue weighted by Crippen LogP contribution is -2.59. The molecule has 1 saturated heterocycles. The monoisotopic (exact) mass is 633 g/mol. The van der Waals surface area contributed by atoms with Crippen LogP contribution in [0.5, 0.6) is 0 Å². The van der Waals surface area contributed by atoms with E-state index < -0.39 is 48.8 Å². The van der Waals surface area contributed by atoms with Crippen molar-refractivity contribution in [2.75, 3.05) is 13.7 Å². The Morgan fingerprint density at radius 2 is 1.04 bits per heavy atom. The molecule has 11 heteroatoms. The van der Waals surface area contributed by atoms with Crippen LogP contribution in [0.25, 0.3) is 0 Å². The van der Waals surface area contributed by atoms with Crippen LogP contribution in [0.15, 0.2) is 91.0 Å². The molecule has 0 radical (unpaired) electrons. The smallest absolute Gasteiger partial charge is 0.408 e. The lowest BCUT2D eigenvalue weighted by atomic mass is 9.90. The third-order valence-electron chi connectivity index (χ3n) is 8.00. The number of hydrogen-bond donors (Lipinski definition) is 3. The minimum absolute atomic E-state index is 0.166. The van der Waals surface area contributed by atoms with Crippen LogP contribution in [0, 0.1) is 5.92 Å². The molecule has 3 amide bonds. The molecule has 246 valence electrons. The van der Waals surface area contributed by atoms with Crippen molar-refractivity contribution in [3.05, 3.63) is 108 Å². The maximum Gasteiger partial charge on any atom is 0.408 e. The fourth-order valence-corrected chi connectivity index (χ4v) is 5.24. The topological polar surface area (TPSA) is 133 Å². The number of methoxy groups -OCH3 is 1. The molecular formula is C35H43N3O8. The van der Waals surface area contributed by atoms with E-state index in [1.807, 2.05) is 112 Å². The summed E-state index contributed by atoms with van der Waals surface area (Å²) in [5.74, 6) is -0.576. The summed E-state index contributed by atoms with van der Waals surface area (Å²) in [5.41, 5.74) is 2.69. The standard InChI is InChI=1S/C35H43N3O8/c1-22-29(21-43-33(39)36-23(2)26-15-9-6-10-16-26)44-32(42-5)31(46-35(41)38-25(4)28-19-13-8-14-20-28)30(22)45-34(40)37-24(3)27-17-11-7-12-18-27/h6-20,22-25,29-32H,21H2,1-5H3,(H,36,39)(H,37,40)(H,38,41)/t22-,23-,24-,25-,29?,30-,31?,32+/m0/s1. The third kappa shape index (κ3) is 9.45. The Hall–Kier alpha value is -4.61. The Labute approximate surface area is 269 Å². The highest BCUT2D eigenvalue weighted by Crippen LogP contribution is 2.32. The van der Waals surface area contributed by atoms with Gasteiger partial charge in [0.15, 0.2) is 18.5 Å². The number of nitrogens with one attached hydrogen (secondary N) is 3. The lowest BCUT2D eigenvalue weighted by Gasteiger charge is -2.43. The van der Waals surface area contributed by atoms with Gasteiger partial charge in [-0.05, 0) is 37.5 Å². The summed E-state index contributed by atoms with van der Waals surface area (Å²) in [7, 11) is 1.39. The average molecular weight is 634 g/mol. The zero-order valence-electron chi connectivity index (χ0n) is 26.8. The molecule has 0 spiro atoms. The van der Waals surface area contributed by atoms with Crippen molar-refractivity contribution in [1.29, 1.82) is 0 Å². The highest BCUT2D eigenvalue weighted by atomic mass is 16.7. The first kappa shape index (κ1) is 34.3. The van der Waals surface area contributed by atoms with Crippen LogP contribution in [0.2, 0.25) is 0 Å². The molecule has 0 aromatic heterocycles. The molecule has 1 fully saturated rings. The molecule has 2 unspecified atom stereocenters. The molecule has 11 nitrogen and oxygen atoms in total. The SMILES string of the molecule is CO[C@@H]1OC(COC(=O)N[C@@H](C)c2ccccc2)[C@H](C)[C@H](OC(=O)N[C@@H](C)c2ccccc2)C1OC(=O)N[C@@H](C)c1ccccc1. The molecule has 0 aliphatic carbocycles. The summed E-state index contributed by atoms with van der Waals surface area (Å²) < 4.78 is 28.9. The van der Waals surface area contributed by atoms with Crippen molar-refractivity contribution < 1.29 is 38.1 Å². The van der Waals surface area contributed by atoms with Gasteiger partial charge in [-0.15, -0.1) is 0 Å². The third-order valence-corrected chi connectivity index (χ3v) is 8.00. The fourth-order valence-electron chi connectivity index (χ4n) is 5.24. The maximum absolute atomic E-state index is 13.2. The van der Waals surface area contributed by atoms with E-state index in [0.29, 0.717) is 0 Å². The summed E-state index contributed by atoms with van der Waals surface area (Å²) in [4.78, 5) is 39.0. The molecule has 8 atom stereocenters. The van der Waals surface area contributed by atoms with Gasteiger partial charge in [0.05, 0.1) is 18.1 Å². The number of alkyl carbamates (subject to hydrolysis) is 3. The molecule has 3 aromatic carbocycles. The minimum Gasteiger partial charge on any atom is -0.447 e. The fraction of sp³-hybridized carbons (Fsp3) is 0.400. The summed E-state index contributed by atoms with van der Waals surface area (Å²) in [6, 6.07) is 27.3. The Balaban J connectivity index is 1.46. The van der Waals surface area contributed by atoms with E-state index in [-0.39, 0.29) is 24.7 Å². The van der Waals surface area contributed by atoms with Gasteiger partial charge in [-0.1, -0.05) is 97.9 Å². The number of amides is 3. The molecule has 1 heterocycles. The largest absolute Gasteiger partial charge is 0.447 e. The van der Waals surface area contributed by atoms with Gasteiger partial charge in [0.2, 0.25) is 0 Å².